The molecule has 0 atom stereocenters. The highest BCUT2D eigenvalue weighted by Crippen LogP contribution is 2.26. The quantitative estimate of drug-likeness (QED) is 0.566. The van der Waals surface area contributed by atoms with Crippen LogP contribution >= 0.6 is 22.9 Å². The third-order valence-electron chi connectivity index (χ3n) is 4.44. The Morgan fingerprint density at radius 1 is 1.20 bits per heavy atom. The highest BCUT2D eigenvalue weighted by atomic mass is 35.5. The van der Waals surface area contributed by atoms with Crippen LogP contribution in [0.5, 0.6) is 5.75 Å². The number of sulfonamides is 1. The van der Waals surface area contributed by atoms with Gasteiger partial charge in [0.2, 0.25) is 10.0 Å². The van der Waals surface area contributed by atoms with E-state index >= 15 is 0 Å². The summed E-state index contributed by atoms with van der Waals surface area (Å²) in [5, 5.41) is 9.26. The Bertz CT molecular complexity index is 1210. The van der Waals surface area contributed by atoms with Crippen molar-refractivity contribution >= 4 is 44.6 Å². The van der Waals surface area contributed by atoms with E-state index in [1.807, 2.05) is 0 Å². The Labute approximate surface area is 183 Å². The fraction of sp³-hybridized carbons (Fsp3) is 0.200. The highest BCUT2D eigenvalue weighted by Gasteiger charge is 2.19. The molecule has 0 unspecified atom stereocenters. The molecule has 0 radical (unpaired) electrons. The van der Waals surface area contributed by atoms with Crippen LogP contribution in [-0.4, -0.2) is 19.3 Å². The zero-order valence-corrected chi connectivity index (χ0v) is 18.9. The molecule has 10 heteroatoms. The summed E-state index contributed by atoms with van der Waals surface area (Å²) in [5.74, 6) is 0.265. The van der Waals surface area contributed by atoms with Gasteiger partial charge < -0.3 is 10.1 Å². The lowest BCUT2D eigenvalue weighted by Crippen LogP contribution is -2.16. The van der Waals surface area contributed by atoms with Crippen molar-refractivity contribution in [3.63, 3.8) is 0 Å². The van der Waals surface area contributed by atoms with E-state index in [-0.39, 0.29) is 17.4 Å². The molecule has 3 rings (SSSR count). The molecule has 0 aliphatic heterocycles. The van der Waals surface area contributed by atoms with Crippen LogP contribution < -0.4 is 15.2 Å². The molecule has 1 heterocycles. The maximum Gasteiger partial charge on any atom is 0.267 e. The van der Waals surface area contributed by atoms with E-state index in [0.29, 0.717) is 37.6 Å². The summed E-state index contributed by atoms with van der Waals surface area (Å²) >= 11 is 7.07. The molecule has 3 N–H and O–H groups in total. The molecule has 3 aromatic rings. The average molecular weight is 466 g/mol. The number of aromatic nitrogens is 1. The van der Waals surface area contributed by atoms with Gasteiger partial charge in [-0.1, -0.05) is 11.6 Å². The molecule has 1 amide bonds. The first-order valence-electron chi connectivity index (χ1n) is 8.84. The zero-order chi connectivity index (χ0) is 22.1. The number of nitrogens with zero attached hydrogens (tertiary/aromatic N) is 1. The summed E-state index contributed by atoms with van der Waals surface area (Å²) in [6.07, 6.45) is 0. The second-order valence-electron chi connectivity index (χ2n) is 6.68. The number of amides is 1. The molecule has 0 spiro atoms. The minimum Gasteiger partial charge on any atom is -0.486 e. The van der Waals surface area contributed by atoms with Gasteiger partial charge in [0.25, 0.3) is 5.91 Å². The molecular formula is C20H20ClN3O4S2. The standard InChI is InChI=1S/C20H20ClN3O4S2/c1-11-8-16(30(22,26)27)9-17(12(11)2)24-20(25)19-13(3)23-18(29-19)10-28-15-6-4-14(21)5-7-15/h4-9H,10H2,1-3H3,(H,24,25)(H2,22,26,27). The number of nitrogens with two attached hydrogens (primary N) is 1. The molecular weight excluding hydrogens is 446 g/mol. The van der Waals surface area contributed by atoms with Crippen LogP contribution in [0.3, 0.4) is 0 Å². The molecule has 7 nitrogen and oxygen atoms in total. The second kappa shape index (κ2) is 8.73. The maximum absolute atomic E-state index is 12.8. The van der Waals surface area contributed by atoms with Gasteiger partial charge >= 0.3 is 0 Å². The van der Waals surface area contributed by atoms with Crippen LogP contribution in [0.15, 0.2) is 41.3 Å². The third-order valence-corrected chi connectivity index (χ3v) is 6.72. The summed E-state index contributed by atoms with van der Waals surface area (Å²) in [4.78, 5) is 17.6. The van der Waals surface area contributed by atoms with E-state index in [9.17, 15) is 13.2 Å². The fourth-order valence-corrected chi connectivity index (χ4v) is 4.32. The van der Waals surface area contributed by atoms with Gasteiger partial charge in [0.15, 0.2) is 0 Å². The van der Waals surface area contributed by atoms with Crippen LogP contribution in [0.4, 0.5) is 5.69 Å². The summed E-state index contributed by atoms with van der Waals surface area (Å²) in [6, 6.07) is 9.78. The monoisotopic (exact) mass is 465 g/mol. The van der Waals surface area contributed by atoms with Crippen molar-refractivity contribution in [3.8, 4) is 5.75 Å². The molecule has 0 aliphatic carbocycles. The molecule has 30 heavy (non-hydrogen) atoms. The lowest BCUT2D eigenvalue weighted by molar-refractivity contribution is 0.102. The van der Waals surface area contributed by atoms with Gasteiger partial charge in [0, 0.05) is 10.7 Å². The minimum atomic E-state index is -3.89. The van der Waals surface area contributed by atoms with E-state index in [1.54, 1.807) is 45.0 Å². The van der Waals surface area contributed by atoms with Crippen LogP contribution in [-0.2, 0) is 16.6 Å². The van der Waals surface area contributed by atoms with E-state index in [0.717, 1.165) is 5.56 Å². The smallest absolute Gasteiger partial charge is 0.267 e. The number of rotatable bonds is 6. The summed E-state index contributed by atoms with van der Waals surface area (Å²) in [5.41, 5.74) is 2.40. The number of primary sulfonamides is 1. The molecule has 0 aliphatic rings. The Hall–Kier alpha value is -2.46. The largest absolute Gasteiger partial charge is 0.486 e. The second-order valence-corrected chi connectivity index (χ2v) is 9.76. The van der Waals surface area contributed by atoms with E-state index in [1.165, 1.54) is 23.5 Å². The fourth-order valence-electron chi connectivity index (χ4n) is 2.70. The maximum atomic E-state index is 12.8. The summed E-state index contributed by atoms with van der Waals surface area (Å²) < 4.78 is 29.1. The Balaban J connectivity index is 1.78. The number of halogens is 1. The number of carbonyl (C=O) groups is 1. The first kappa shape index (κ1) is 22.2. The average Bonchev–Trinajstić information content (AvgIpc) is 3.04. The Morgan fingerprint density at radius 3 is 2.50 bits per heavy atom. The van der Waals surface area contributed by atoms with E-state index in [4.69, 9.17) is 21.5 Å². The molecule has 0 fully saturated rings. The summed E-state index contributed by atoms with van der Waals surface area (Å²) in [6.45, 7) is 5.49. The van der Waals surface area contributed by atoms with Crippen molar-refractivity contribution < 1.29 is 17.9 Å². The van der Waals surface area contributed by atoms with Gasteiger partial charge in [-0.15, -0.1) is 11.3 Å². The van der Waals surface area contributed by atoms with Crippen molar-refractivity contribution in [3.05, 3.63) is 68.1 Å². The molecule has 2 aromatic carbocycles. The minimum absolute atomic E-state index is 0.0565. The zero-order valence-electron chi connectivity index (χ0n) is 16.5. The topological polar surface area (TPSA) is 111 Å². The predicted octanol–water partition coefficient (Wildman–Crippen LogP) is 4.20. The Morgan fingerprint density at radius 2 is 1.87 bits per heavy atom. The molecule has 0 saturated carbocycles. The lowest BCUT2D eigenvalue weighted by atomic mass is 10.1. The first-order chi connectivity index (χ1) is 14.0. The number of anilines is 1. The normalized spacial score (nSPS) is 11.4. The van der Waals surface area contributed by atoms with Gasteiger partial charge in [-0.3, -0.25) is 4.79 Å². The number of thiazole rings is 1. The number of benzene rings is 2. The molecule has 0 saturated heterocycles. The van der Waals surface area contributed by atoms with Crippen LogP contribution in [0, 0.1) is 20.8 Å². The van der Waals surface area contributed by atoms with Gasteiger partial charge in [0.1, 0.15) is 22.2 Å². The number of hydrogen-bond donors (Lipinski definition) is 2. The van der Waals surface area contributed by atoms with E-state index < -0.39 is 10.0 Å². The van der Waals surface area contributed by atoms with Gasteiger partial charge in [0.05, 0.1) is 10.6 Å². The van der Waals surface area contributed by atoms with Crippen molar-refractivity contribution in [2.24, 2.45) is 5.14 Å². The van der Waals surface area contributed by atoms with Gasteiger partial charge in [-0.05, 0) is 68.3 Å². The van der Waals surface area contributed by atoms with Crippen LogP contribution in [0.25, 0.3) is 0 Å². The van der Waals surface area contributed by atoms with Crippen LogP contribution in [0.2, 0.25) is 5.02 Å². The van der Waals surface area contributed by atoms with Gasteiger partial charge in [-0.2, -0.15) is 0 Å². The number of ether oxygens (including phenoxy) is 1. The SMILES string of the molecule is Cc1cc(S(N)(=O)=O)cc(NC(=O)c2sc(COc3ccc(Cl)cc3)nc2C)c1C. The molecule has 158 valence electrons. The third kappa shape index (κ3) is 5.17. The van der Waals surface area contributed by atoms with Gasteiger partial charge in [-0.25, -0.2) is 18.5 Å². The van der Waals surface area contributed by atoms with Crippen molar-refractivity contribution in [2.45, 2.75) is 32.3 Å². The summed E-state index contributed by atoms with van der Waals surface area (Å²) in [7, 11) is -3.89. The number of nitrogens with one attached hydrogen (secondary N) is 1. The number of hydrogen-bond acceptors (Lipinski definition) is 6. The molecule has 0 bridgehead atoms. The first-order valence-corrected chi connectivity index (χ1v) is 11.6. The highest BCUT2D eigenvalue weighted by molar-refractivity contribution is 7.89. The van der Waals surface area contributed by atoms with Crippen LogP contribution in [0.1, 0.15) is 31.5 Å². The van der Waals surface area contributed by atoms with Crippen molar-refractivity contribution in [2.75, 3.05) is 5.32 Å². The predicted molar refractivity (Wildman–Crippen MR) is 118 cm³/mol. The van der Waals surface area contributed by atoms with Crippen molar-refractivity contribution in [1.82, 2.24) is 4.98 Å². The number of carbonyl (C=O) groups excluding carboxylic acids is 1. The Kier molecular flexibility index (Phi) is 6.47. The number of aryl methyl sites for hydroxylation is 2. The molecule has 1 aromatic heterocycles. The lowest BCUT2D eigenvalue weighted by Gasteiger charge is -2.12. The van der Waals surface area contributed by atoms with E-state index in [2.05, 4.69) is 10.3 Å². The van der Waals surface area contributed by atoms with Crippen molar-refractivity contribution in [1.29, 1.82) is 0 Å².